The SMILES string of the molecule is c1cc2c(cn1)SNC(OC1CC1)=N2. The third-order valence-corrected chi connectivity index (χ3v) is 2.85. The number of hydrogen-bond donors (Lipinski definition) is 1. The van der Waals surface area contributed by atoms with Crippen LogP contribution in [0.25, 0.3) is 0 Å². The van der Waals surface area contributed by atoms with Crippen molar-refractivity contribution < 1.29 is 4.74 Å². The Kier molecular flexibility index (Phi) is 1.83. The van der Waals surface area contributed by atoms with E-state index in [1.807, 2.05) is 6.07 Å². The maximum Gasteiger partial charge on any atom is 0.300 e. The van der Waals surface area contributed by atoms with E-state index in [4.69, 9.17) is 4.74 Å². The first-order valence-electron chi connectivity index (χ1n) is 4.54. The molecule has 1 N–H and O–H groups in total. The normalized spacial score (nSPS) is 19.3. The molecule has 0 aromatic carbocycles. The van der Waals surface area contributed by atoms with Crippen molar-refractivity contribution in [3.8, 4) is 0 Å². The quantitative estimate of drug-likeness (QED) is 0.714. The van der Waals surface area contributed by atoms with Crippen molar-refractivity contribution in [1.29, 1.82) is 0 Å². The molecule has 1 fully saturated rings. The molecule has 4 nitrogen and oxygen atoms in total. The number of rotatable bonds is 1. The van der Waals surface area contributed by atoms with Crippen LogP contribution < -0.4 is 4.72 Å². The van der Waals surface area contributed by atoms with Gasteiger partial charge in [-0.15, -0.1) is 0 Å². The number of fused-ring (bicyclic) bond motifs is 1. The molecule has 5 heteroatoms. The highest BCUT2D eigenvalue weighted by molar-refractivity contribution is 7.98. The number of nitrogens with zero attached hydrogens (tertiary/aromatic N) is 2. The van der Waals surface area contributed by atoms with Gasteiger partial charge in [-0.1, -0.05) is 0 Å². The number of ether oxygens (including phenoxy) is 1. The summed E-state index contributed by atoms with van der Waals surface area (Å²) in [6.45, 7) is 0. The number of hydrogen-bond acceptors (Lipinski definition) is 5. The Morgan fingerprint density at radius 2 is 2.43 bits per heavy atom. The monoisotopic (exact) mass is 207 g/mol. The van der Waals surface area contributed by atoms with E-state index in [0.717, 1.165) is 23.4 Å². The average Bonchev–Trinajstić information content (AvgIpc) is 3.02. The molecular formula is C9H9N3OS. The van der Waals surface area contributed by atoms with Gasteiger partial charge in [0.25, 0.3) is 0 Å². The van der Waals surface area contributed by atoms with Crippen LogP contribution in [0.4, 0.5) is 5.69 Å². The van der Waals surface area contributed by atoms with Crippen molar-refractivity contribution in [1.82, 2.24) is 9.71 Å². The lowest BCUT2D eigenvalue weighted by atomic mass is 10.4. The van der Waals surface area contributed by atoms with Crippen LogP contribution in [0.1, 0.15) is 12.8 Å². The van der Waals surface area contributed by atoms with E-state index in [1.54, 1.807) is 12.4 Å². The van der Waals surface area contributed by atoms with Crippen LogP contribution in [0.15, 0.2) is 28.3 Å². The molecule has 72 valence electrons. The molecule has 3 rings (SSSR count). The number of nitrogens with one attached hydrogen (secondary N) is 1. The lowest BCUT2D eigenvalue weighted by molar-refractivity contribution is 0.281. The van der Waals surface area contributed by atoms with E-state index in [2.05, 4.69) is 14.7 Å². The fraction of sp³-hybridized carbons (Fsp3) is 0.333. The first kappa shape index (κ1) is 8.11. The van der Waals surface area contributed by atoms with Crippen LogP contribution in [-0.4, -0.2) is 17.1 Å². The van der Waals surface area contributed by atoms with Gasteiger partial charge in [0.2, 0.25) is 0 Å². The molecule has 0 saturated heterocycles. The molecule has 0 bridgehead atoms. The minimum absolute atomic E-state index is 0.380. The highest BCUT2D eigenvalue weighted by atomic mass is 32.2. The highest BCUT2D eigenvalue weighted by Gasteiger charge is 2.26. The van der Waals surface area contributed by atoms with Gasteiger partial charge in [-0.05, 0) is 30.9 Å². The highest BCUT2D eigenvalue weighted by Crippen LogP contribution is 2.32. The molecule has 1 aliphatic carbocycles. The molecule has 1 aliphatic heterocycles. The van der Waals surface area contributed by atoms with Crippen molar-refractivity contribution in [2.75, 3.05) is 0 Å². The van der Waals surface area contributed by atoms with Gasteiger partial charge in [0.1, 0.15) is 6.10 Å². The summed E-state index contributed by atoms with van der Waals surface area (Å²) in [7, 11) is 0. The third-order valence-electron chi connectivity index (χ3n) is 2.04. The first-order chi connectivity index (χ1) is 6.92. The summed E-state index contributed by atoms with van der Waals surface area (Å²) in [4.78, 5) is 9.41. The van der Waals surface area contributed by atoms with Gasteiger partial charge in [0.05, 0.1) is 10.6 Å². The second kappa shape index (κ2) is 3.16. The molecule has 2 heterocycles. The van der Waals surface area contributed by atoms with Gasteiger partial charge in [-0.25, -0.2) is 0 Å². The smallest absolute Gasteiger partial charge is 0.300 e. The van der Waals surface area contributed by atoms with Crippen molar-refractivity contribution in [2.24, 2.45) is 4.99 Å². The van der Waals surface area contributed by atoms with Crippen LogP contribution in [0, 0.1) is 0 Å². The molecule has 2 aliphatic rings. The lowest BCUT2D eigenvalue weighted by Gasteiger charge is -2.15. The van der Waals surface area contributed by atoms with Gasteiger partial charge >= 0.3 is 6.02 Å². The van der Waals surface area contributed by atoms with Crippen LogP contribution in [-0.2, 0) is 4.74 Å². The van der Waals surface area contributed by atoms with Gasteiger partial charge in [-0.3, -0.25) is 9.71 Å². The van der Waals surface area contributed by atoms with Crippen LogP contribution >= 0.6 is 11.9 Å². The molecule has 0 unspecified atom stereocenters. The minimum atomic E-state index is 0.380. The maximum atomic E-state index is 5.56. The van der Waals surface area contributed by atoms with Gasteiger partial charge in [-0.2, -0.15) is 4.99 Å². The summed E-state index contributed by atoms with van der Waals surface area (Å²) >= 11 is 1.50. The molecule has 0 atom stereocenters. The summed E-state index contributed by atoms with van der Waals surface area (Å²) in [5, 5.41) is 0. The second-order valence-electron chi connectivity index (χ2n) is 3.28. The number of aromatic nitrogens is 1. The van der Waals surface area contributed by atoms with Gasteiger partial charge < -0.3 is 4.74 Å². The summed E-state index contributed by atoms with van der Waals surface area (Å²) in [5.74, 6) is 0. The Balaban J connectivity index is 1.86. The summed E-state index contributed by atoms with van der Waals surface area (Å²) in [6, 6.07) is 2.51. The summed E-state index contributed by atoms with van der Waals surface area (Å²) < 4.78 is 8.61. The number of pyridine rings is 1. The average molecular weight is 207 g/mol. The number of aliphatic imine (C=N–C) groups is 1. The Morgan fingerprint density at radius 3 is 3.29 bits per heavy atom. The number of amidine groups is 1. The zero-order valence-corrected chi connectivity index (χ0v) is 8.25. The predicted molar refractivity (Wildman–Crippen MR) is 54.4 cm³/mol. The van der Waals surface area contributed by atoms with Crippen molar-refractivity contribution >= 4 is 23.7 Å². The molecule has 14 heavy (non-hydrogen) atoms. The fourth-order valence-electron chi connectivity index (χ4n) is 1.17. The van der Waals surface area contributed by atoms with Gasteiger partial charge in [0.15, 0.2) is 0 Å². The third kappa shape index (κ3) is 1.55. The standard InChI is InChI=1S/C9H9N3OS/c1-2-6(1)13-9-11-7-3-4-10-5-8(7)14-12-9/h3-6H,1-2H2,(H,11,12). The van der Waals surface area contributed by atoms with E-state index < -0.39 is 0 Å². The molecule has 0 spiro atoms. The Hall–Kier alpha value is -1.23. The van der Waals surface area contributed by atoms with Crippen LogP contribution in [0.3, 0.4) is 0 Å². The second-order valence-corrected chi connectivity index (χ2v) is 4.13. The van der Waals surface area contributed by atoms with Gasteiger partial charge in [0, 0.05) is 12.4 Å². The van der Waals surface area contributed by atoms with Crippen molar-refractivity contribution in [2.45, 2.75) is 23.8 Å². The zero-order chi connectivity index (χ0) is 9.38. The predicted octanol–water partition coefficient (Wildman–Crippen LogP) is 1.86. The summed E-state index contributed by atoms with van der Waals surface area (Å²) in [5.41, 5.74) is 0.930. The Morgan fingerprint density at radius 1 is 1.50 bits per heavy atom. The van der Waals surface area contributed by atoms with E-state index >= 15 is 0 Å². The zero-order valence-electron chi connectivity index (χ0n) is 7.43. The fourth-order valence-corrected chi connectivity index (χ4v) is 1.79. The maximum absolute atomic E-state index is 5.56. The molecule has 1 saturated carbocycles. The van der Waals surface area contributed by atoms with E-state index in [9.17, 15) is 0 Å². The van der Waals surface area contributed by atoms with Crippen LogP contribution in [0.5, 0.6) is 0 Å². The van der Waals surface area contributed by atoms with E-state index in [-0.39, 0.29) is 0 Å². The minimum Gasteiger partial charge on any atom is -0.461 e. The van der Waals surface area contributed by atoms with Crippen molar-refractivity contribution in [3.05, 3.63) is 18.5 Å². The molecular weight excluding hydrogens is 198 g/mol. The summed E-state index contributed by atoms with van der Waals surface area (Å²) in [6.07, 6.45) is 6.21. The van der Waals surface area contributed by atoms with Crippen molar-refractivity contribution in [3.63, 3.8) is 0 Å². The molecule has 0 amide bonds. The van der Waals surface area contributed by atoms with E-state index in [1.165, 1.54) is 11.9 Å². The largest absolute Gasteiger partial charge is 0.461 e. The Bertz CT molecular complexity index is 389. The molecule has 1 aromatic heterocycles. The topological polar surface area (TPSA) is 46.5 Å². The van der Waals surface area contributed by atoms with E-state index in [0.29, 0.717) is 12.1 Å². The first-order valence-corrected chi connectivity index (χ1v) is 5.36. The molecule has 1 aromatic rings. The van der Waals surface area contributed by atoms with Crippen LogP contribution in [0.2, 0.25) is 0 Å². The Labute approximate surface area is 85.9 Å². The molecule has 0 radical (unpaired) electrons. The lowest BCUT2D eigenvalue weighted by Crippen LogP contribution is -2.22.